The molecule has 1 amide bonds. The van der Waals surface area contributed by atoms with E-state index in [0.717, 1.165) is 17.9 Å². The summed E-state index contributed by atoms with van der Waals surface area (Å²) < 4.78 is 0. The van der Waals surface area contributed by atoms with Crippen molar-refractivity contribution in [1.82, 2.24) is 5.32 Å². The zero-order valence-corrected chi connectivity index (χ0v) is 10.8. The molecule has 1 heterocycles. The molecule has 0 spiro atoms. The van der Waals surface area contributed by atoms with E-state index in [-0.39, 0.29) is 17.2 Å². The molecular weight excluding hydrogens is 228 g/mol. The number of rotatable bonds is 4. The van der Waals surface area contributed by atoms with Crippen molar-refractivity contribution in [3.63, 3.8) is 0 Å². The number of amides is 1. The first-order chi connectivity index (χ1) is 6.93. The maximum absolute atomic E-state index is 11.7. The number of carbonyl (C=O) groups excluding carboxylic acids is 1. The van der Waals surface area contributed by atoms with Gasteiger partial charge in [-0.1, -0.05) is 26.1 Å². The summed E-state index contributed by atoms with van der Waals surface area (Å²) in [6.45, 7) is 4.42. The molecule has 0 radical (unpaired) electrons. The molecule has 0 bridgehead atoms. The van der Waals surface area contributed by atoms with Gasteiger partial charge in [0.15, 0.2) is 0 Å². The van der Waals surface area contributed by atoms with E-state index in [0.29, 0.717) is 11.5 Å². The summed E-state index contributed by atoms with van der Waals surface area (Å²) in [6.07, 6.45) is 0.990. The smallest absolute Gasteiger partial charge is 0.224 e. The standard InChI is InChI=1S/C10H18N2OS2/c1-10(2,9(11)14)6-12-8(13)7-3-4-15-5-7/h7H,3-6H2,1-2H3,(H2,11,14)(H,12,13). The van der Waals surface area contributed by atoms with Gasteiger partial charge >= 0.3 is 0 Å². The summed E-state index contributed by atoms with van der Waals surface area (Å²) in [7, 11) is 0. The Morgan fingerprint density at radius 1 is 1.67 bits per heavy atom. The monoisotopic (exact) mass is 246 g/mol. The SMILES string of the molecule is CC(C)(CNC(=O)C1CCSC1)C(N)=S. The van der Waals surface area contributed by atoms with Gasteiger partial charge in [-0.25, -0.2) is 0 Å². The predicted molar refractivity (Wildman–Crippen MR) is 69.0 cm³/mol. The van der Waals surface area contributed by atoms with Gasteiger partial charge < -0.3 is 11.1 Å². The predicted octanol–water partition coefficient (Wildman–Crippen LogP) is 1.17. The van der Waals surface area contributed by atoms with Gasteiger partial charge in [-0.3, -0.25) is 4.79 Å². The van der Waals surface area contributed by atoms with E-state index < -0.39 is 0 Å². The molecule has 5 heteroatoms. The molecule has 0 aromatic carbocycles. The van der Waals surface area contributed by atoms with Crippen LogP contribution in [0.25, 0.3) is 0 Å². The number of nitrogens with two attached hydrogens (primary N) is 1. The van der Waals surface area contributed by atoms with Gasteiger partial charge in [0.05, 0.1) is 4.99 Å². The fourth-order valence-corrected chi connectivity index (χ4v) is 2.57. The summed E-state index contributed by atoms with van der Waals surface area (Å²) in [5.41, 5.74) is 5.29. The Morgan fingerprint density at radius 3 is 2.80 bits per heavy atom. The highest BCUT2D eigenvalue weighted by molar-refractivity contribution is 7.99. The van der Waals surface area contributed by atoms with Crippen LogP contribution in [0.3, 0.4) is 0 Å². The molecule has 1 aliphatic heterocycles. The van der Waals surface area contributed by atoms with Gasteiger partial charge in [-0.15, -0.1) is 0 Å². The highest BCUT2D eigenvalue weighted by atomic mass is 32.2. The molecular formula is C10H18N2OS2. The minimum Gasteiger partial charge on any atom is -0.393 e. The molecule has 0 aromatic heterocycles. The van der Waals surface area contributed by atoms with Gasteiger partial charge in [-0.05, 0) is 12.2 Å². The van der Waals surface area contributed by atoms with Crippen LogP contribution in [0.2, 0.25) is 0 Å². The maximum atomic E-state index is 11.7. The van der Waals surface area contributed by atoms with Crippen LogP contribution in [0.4, 0.5) is 0 Å². The number of thioether (sulfide) groups is 1. The van der Waals surface area contributed by atoms with Crippen molar-refractivity contribution < 1.29 is 4.79 Å². The molecule has 3 N–H and O–H groups in total. The van der Waals surface area contributed by atoms with E-state index in [1.54, 1.807) is 0 Å². The molecule has 1 rings (SSSR count). The molecule has 1 fully saturated rings. The molecule has 15 heavy (non-hydrogen) atoms. The first kappa shape index (κ1) is 12.8. The van der Waals surface area contributed by atoms with E-state index in [1.807, 2.05) is 25.6 Å². The third-order valence-electron chi connectivity index (χ3n) is 2.67. The maximum Gasteiger partial charge on any atom is 0.224 e. The zero-order chi connectivity index (χ0) is 11.5. The van der Waals surface area contributed by atoms with Gasteiger partial charge in [0.25, 0.3) is 0 Å². The van der Waals surface area contributed by atoms with Crippen molar-refractivity contribution in [2.45, 2.75) is 20.3 Å². The molecule has 1 saturated heterocycles. The minimum absolute atomic E-state index is 0.143. The van der Waals surface area contributed by atoms with Gasteiger partial charge in [0.2, 0.25) is 5.91 Å². The number of hydrogen-bond donors (Lipinski definition) is 2. The van der Waals surface area contributed by atoms with Crippen LogP contribution in [-0.4, -0.2) is 28.9 Å². The molecule has 0 aromatic rings. The van der Waals surface area contributed by atoms with Crippen LogP contribution in [0.5, 0.6) is 0 Å². The van der Waals surface area contributed by atoms with E-state index in [1.165, 1.54) is 0 Å². The Bertz CT molecular complexity index is 260. The van der Waals surface area contributed by atoms with Crippen LogP contribution in [0.1, 0.15) is 20.3 Å². The van der Waals surface area contributed by atoms with Crippen molar-refractivity contribution in [2.75, 3.05) is 18.1 Å². The van der Waals surface area contributed by atoms with Crippen molar-refractivity contribution in [3.05, 3.63) is 0 Å². The summed E-state index contributed by atoms with van der Waals surface area (Å²) in [5.74, 6) is 2.36. The van der Waals surface area contributed by atoms with Gasteiger partial charge in [-0.2, -0.15) is 11.8 Å². The first-order valence-corrected chi connectivity index (χ1v) is 6.65. The van der Waals surface area contributed by atoms with Crippen molar-refractivity contribution >= 4 is 34.9 Å². The average molecular weight is 246 g/mol. The second-order valence-corrected chi connectivity index (χ2v) is 6.12. The van der Waals surface area contributed by atoms with Crippen LogP contribution in [0, 0.1) is 11.3 Å². The van der Waals surface area contributed by atoms with Crippen molar-refractivity contribution in [2.24, 2.45) is 17.1 Å². The Kier molecular flexibility index (Phi) is 4.40. The highest BCUT2D eigenvalue weighted by Crippen LogP contribution is 2.23. The van der Waals surface area contributed by atoms with Gasteiger partial charge in [0.1, 0.15) is 0 Å². The Morgan fingerprint density at radius 2 is 2.33 bits per heavy atom. The fraction of sp³-hybridized carbons (Fsp3) is 0.800. The number of thiocarbonyl (C=S) groups is 1. The van der Waals surface area contributed by atoms with Crippen molar-refractivity contribution in [3.8, 4) is 0 Å². The summed E-state index contributed by atoms with van der Waals surface area (Å²) in [6, 6.07) is 0. The van der Waals surface area contributed by atoms with Crippen LogP contribution >= 0.6 is 24.0 Å². The molecule has 1 unspecified atom stereocenters. The second-order valence-electron chi connectivity index (χ2n) is 4.53. The number of hydrogen-bond acceptors (Lipinski definition) is 3. The lowest BCUT2D eigenvalue weighted by Gasteiger charge is -2.24. The quantitative estimate of drug-likeness (QED) is 0.731. The number of nitrogens with one attached hydrogen (secondary N) is 1. The van der Waals surface area contributed by atoms with E-state index in [4.69, 9.17) is 18.0 Å². The molecule has 0 saturated carbocycles. The third kappa shape index (κ3) is 3.65. The lowest BCUT2D eigenvalue weighted by atomic mass is 9.93. The normalized spacial score (nSPS) is 21.3. The average Bonchev–Trinajstić information content (AvgIpc) is 2.66. The summed E-state index contributed by atoms with van der Waals surface area (Å²) in [5, 5.41) is 2.93. The molecule has 1 atom stereocenters. The molecule has 1 aliphatic rings. The fourth-order valence-electron chi connectivity index (χ4n) is 1.28. The first-order valence-electron chi connectivity index (χ1n) is 5.09. The Balaban J connectivity index is 2.36. The van der Waals surface area contributed by atoms with E-state index in [9.17, 15) is 4.79 Å². The highest BCUT2D eigenvalue weighted by Gasteiger charge is 2.26. The van der Waals surface area contributed by atoms with E-state index >= 15 is 0 Å². The summed E-state index contributed by atoms with van der Waals surface area (Å²) in [4.78, 5) is 12.2. The second kappa shape index (κ2) is 5.16. The lowest BCUT2D eigenvalue weighted by Crippen LogP contribution is -2.43. The Labute approximate surface area is 101 Å². The molecule has 86 valence electrons. The van der Waals surface area contributed by atoms with Gasteiger partial charge in [0, 0.05) is 23.6 Å². The minimum atomic E-state index is -0.295. The zero-order valence-electron chi connectivity index (χ0n) is 9.21. The van der Waals surface area contributed by atoms with Crippen molar-refractivity contribution in [1.29, 1.82) is 0 Å². The Hall–Kier alpha value is -0.290. The van der Waals surface area contributed by atoms with Crippen LogP contribution in [0.15, 0.2) is 0 Å². The largest absolute Gasteiger partial charge is 0.393 e. The van der Waals surface area contributed by atoms with Crippen LogP contribution in [-0.2, 0) is 4.79 Å². The summed E-state index contributed by atoms with van der Waals surface area (Å²) >= 11 is 6.78. The molecule has 0 aliphatic carbocycles. The van der Waals surface area contributed by atoms with E-state index in [2.05, 4.69) is 5.32 Å². The third-order valence-corrected chi connectivity index (χ3v) is 4.39. The number of carbonyl (C=O) groups is 1. The molecule has 3 nitrogen and oxygen atoms in total. The lowest BCUT2D eigenvalue weighted by molar-refractivity contribution is -0.124. The van der Waals surface area contributed by atoms with Crippen LogP contribution < -0.4 is 11.1 Å². The topological polar surface area (TPSA) is 55.1 Å².